The van der Waals surface area contributed by atoms with Crippen molar-refractivity contribution in [3.05, 3.63) is 29.3 Å². The Hall–Kier alpha value is -1.97. The lowest BCUT2D eigenvalue weighted by atomic mass is 9.68. The second-order valence-electron chi connectivity index (χ2n) is 11.1. The molecule has 1 amide bonds. The number of methoxy groups -OCH3 is 1. The van der Waals surface area contributed by atoms with Gasteiger partial charge in [-0.1, -0.05) is 26.8 Å². The maximum Gasteiger partial charge on any atom is 0.319 e. The Morgan fingerprint density at radius 2 is 1.82 bits per heavy atom. The number of amides is 1. The number of esters is 1. The zero-order chi connectivity index (χ0) is 24.9. The molecule has 188 valence electrons. The summed E-state index contributed by atoms with van der Waals surface area (Å²) in [6.07, 6.45) is 3.44. The van der Waals surface area contributed by atoms with Crippen LogP contribution >= 0.6 is 0 Å². The van der Waals surface area contributed by atoms with Gasteiger partial charge in [-0.2, -0.15) is 4.31 Å². The van der Waals surface area contributed by atoms with Crippen LogP contribution in [0, 0.1) is 23.7 Å². The molecule has 2 aliphatic carbocycles. The van der Waals surface area contributed by atoms with Crippen molar-refractivity contribution in [2.24, 2.45) is 16.7 Å². The van der Waals surface area contributed by atoms with E-state index in [0.717, 1.165) is 12.8 Å². The van der Waals surface area contributed by atoms with Crippen molar-refractivity contribution in [1.29, 1.82) is 0 Å². The van der Waals surface area contributed by atoms with Crippen LogP contribution < -0.4 is 5.32 Å². The van der Waals surface area contributed by atoms with Crippen molar-refractivity contribution >= 4 is 21.9 Å². The lowest BCUT2D eigenvalue weighted by Crippen LogP contribution is -2.52. The van der Waals surface area contributed by atoms with E-state index in [-0.39, 0.29) is 53.3 Å². The van der Waals surface area contributed by atoms with Gasteiger partial charge in [-0.3, -0.25) is 14.5 Å². The molecule has 1 aromatic rings. The standard InChI is InChI=1S/C25H37N3O5S/c1-17-6-7-18(22(30)26-23-24(2,3)19-8-9-25(23,4)15-19)14-20(17)34(31,32)28-12-10-27(11-13-28)16-21(29)33-5/h6-7,14,19,23H,8-13,15-16H2,1-5H3,(H,26,30). The molecule has 0 spiro atoms. The summed E-state index contributed by atoms with van der Waals surface area (Å²) in [4.78, 5) is 26.8. The molecule has 2 bridgehead atoms. The highest BCUT2D eigenvalue weighted by atomic mass is 32.2. The van der Waals surface area contributed by atoms with E-state index in [1.807, 2.05) is 4.90 Å². The number of carbonyl (C=O) groups excluding carboxylic acids is 2. The molecule has 3 aliphatic rings. The molecule has 1 N–H and O–H groups in total. The maximum atomic E-state index is 13.5. The fraction of sp³-hybridized carbons (Fsp3) is 0.680. The van der Waals surface area contributed by atoms with E-state index in [0.29, 0.717) is 30.1 Å². The molecule has 0 radical (unpaired) electrons. The molecule has 8 nitrogen and oxygen atoms in total. The van der Waals surface area contributed by atoms with Crippen LogP contribution in [0.2, 0.25) is 0 Å². The van der Waals surface area contributed by atoms with Crippen molar-refractivity contribution < 1.29 is 22.7 Å². The Morgan fingerprint density at radius 1 is 1.15 bits per heavy atom. The lowest BCUT2D eigenvalue weighted by molar-refractivity contribution is -0.142. The summed E-state index contributed by atoms with van der Waals surface area (Å²) in [5.74, 6) is 0.0548. The zero-order valence-corrected chi connectivity index (χ0v) is 21.7. The first-order valence-corrected chi connectivity index (χ1v) is 13.5. The summed E-state index contributed by atoms with van der Waals surface area (Å²) in [5, 5.41) is 3.27. The number of sulfonamides is 1. The molecule has 1 saturated heterocycles. The minimum Gasteiger partial charge on any atom is -0.468 e. The number of hydrogen-bond donors (Lipinski definition) is 1. The number of carbonyl (C=O) groups is 2. The van der Waals surface area contributed by atoms with Crippen LogP contribution in [0.25, 0.3) is 0 Å². The molecule has 1 aliphatic heterocycles. The van der Waals surface area contributed by atoms with E-state index >= 15 is 0 Å². The average Bonchev–Trinajstić information content (AvgIpc) is 3.28. The highest BCUT2D eigenvalue weighted by Crippen LogP contribution is 2.62. The Balaban J connectivity index is 1.50. The molecular weight excluding hydrogens is 454 g/mol. The zero-order valence-electron chi connectivity index (χ0n) is 20.9. The van der Waals surface area contributed by atoms with Gasteiger partial charge in [-0.15, -0.1) is 0 Å². The Labute approximate surface area is 203 Å². The number of nitrogens with one attached hydrogen (secondary N) is 1. The largest absolute Gasteiger partial charge is 0.468 e. The highest BCUT2D eigenvalue weighted by molar-refractivity contribution is 7.89. The van der Waals surface area contributed by atoms with Crippen LogP contribution in [0.5, 0.6) is 0 Å². The van der Waals surface area contributed by atoms with Gasteiger partial charge in [0.2, 0.25) is 10.0 Å². The Kier molecular flexibility index (Phi) is 6.59. The van der Waals surface area contributed by atoms with Gasteiger partial charge in [0.1, 0.15) is 0 Å². The molecule has 1 heterocycles. The third-order valence-corrected chi connectivity index (χ3v) is 10.6. The number of ether oxygens (including phenoxy) is 1. The third kappa shape index (κ3) is 4.38. The van der Waals surface area contributed by atoms with Crippen LogP contribution in [0.3, 0.4) is 0 Å². The fourth-order valence-electron chi connectivity index (χ4n) is 6.41. The Morgan fingerprint density at radius 3 is 2.41 bits per heavy atom. The summed E-state index contributed by atoms with van der Waals surface area (Å²) >= 11 is 0. The van der Waals surface area contributed by atoms with Gasteiger partial charge in [0, 0.05) is 37.8 Å². The number of hydrogen-bond acceptors (Lipinski definition) is 6. The predicted molar refractivity (Wildman–Crippen MR) is 129 cm³/mol. The lowest BCUT2D eigenvalue weighted by Gasteiger charge is -2.43. The van der Waals surface area contributed by atoms with Crippen LogP contribution in [-0.4, -0.2) is 75.4 Å². The van der Waals surface area contributed by atoms with E-state index in [1.165, 1.54) is 23.9 Å². The SMILES string of the molecule is COC(=O)CN1CCN(S(=O)(=O)c2cc(C(=O)NC3C4(C)CCC(C4)C3(C)C)ccc2C)CC1. The minimum absolute atomic E-state index is 0.0200. The monoisotopic (exact) mass is 491 g/mol. The molecule has 3 unspecified atom stereocenters. The second kappa shape index (κ2) is 8.91. The summed E-state index contributed by atoms with van der Waals surface area (Å²) in [7, 11) is -2.43. The van der Waals surface area contributed by atoms with Crippen LogP contribution in [0.1, 0.15) is 56.0 Å². The maximum absolute atomic E-state index is 13.5. The smallest absolute Gasteiger partial charge is 0.319 e. The summed E-state index contributed by atoms with van der Waals surface area (Å²) in [6, 6.07) is 5.00. The van der Waals surface area contributed by atoms with E-state index in [4.69, 9.17) is 4.74 Å². The third-order valence-electron chi connectivity index (χ3n) is 8.52. The van der Waals surface area contributed by atoms with Gasteiger partial charge in [0.25, 0.3) is 5.91 Å². The molecule has 34 heavy (non-hydrogen) atoms. The van der Waals surface area contributed by atoms with Crippen molar-refractivity contribution in [2.75, 3.05) is 39.8 Å². The fourth-order valence-corrected chi connectivity index (χ4v) is 8.08. The topological polar surface area (TPSA) is 96.0 Å². The van der Waals surface area contributed by atoms with Gasteiger partial charge in [-0.05, 0) is 60.6 Å². The van der Waals surface area contributed by atoms with E-state index in [9.17, 15) is 18.0 Å². The van der Waals surface area contributed by atoms with E-state index in [2.05, 4.69) is 26.1 Å². The number of nitrogens with zero attached hydrogens (tertiary/aromatic N) is 2. The summed E-state index contributed by atoms with van der Waals surface area (Å²) in [6.45, 7) is 10.1. The van der Waals surface area contributed by atoms with Gasteiger partial charge < -0.3 is 10.1 Å². The molecule has 4 rings (SSSR count). The molecule has 2 saturated carbocycles. The van der Waals surface area contributed by atoms with E-state index in [1.54, 1.807) is 19.1 Å². The minimum atomic E-state index is -3.77. The quantitative estimate of drug-likeness (QED) is 0.614. The van der Waals surface area contributed by atoms with Crippen molar-refractivity contribution in [2.45, 2.75) is 57.9 Å². The normalized spacial score (nSPS) is 29.2. The van der Waals surface area contributed by atoms with Crippen molar-refractivity contribution in [3.8, 4) is 0 Å². The molecule has 9 heteroatoms. The molecule has 0 aromatic heterocycles. The highest BCUT2D eigenvalue weighted by Gasteiger charge is 2.59. The van der Waals surface area contributed by atoms with Gasteiger partial charge >= 0.3 is 5.97 Å². The summed E-state index contributed by atoms with van der Waals surface area (Å²) < 4.78 is 33.0. The van der Waals surface area contributed by atoms with Gasteiger partial charge in [-0.25, -0.2) is 8.42 Å². The first-order chi connectivity index (χ1) is 15.9. The molecule has 1 aromatic carbocycles. The molecule has 3 atom stereocenters. The summed E-state index contributed by atoms with van der Waals surface area (Å²) in [5.41, 5.74) is 1.09. The number of piperazine rings is 1. The second-order valence-corrected chi connectivity index (χ2v) is 13.0. The van der Waals surface area contributed by atoms with Gasteiger partial charge in [0.15, 0.2) is 0 Å². The van der Waals surface area contributed by atoms with Crippen LogP contribution in [0.4, 0.5) is 0 Å². The number of rotatable bonds is 6. The van der Waals surface area contributed by atoms with Crippen LogP contribution in [0.15, 0.2) is 23.1 Å². The van der Waals surface area contributed by atoms with Gasteiger partial charge in [0.05, 0.1) is 18.6 Å². The molecule has 3 fully saturated rings. The number of fused-ring (bicyclic) bond motifs is 2. The van der Waals surface area contributed by atoms with Crippen molar-refractivity contribution in [3.63, 3.8) is 0 Å². The van der Waals surface area contributed by atoms with E-state index < -0.39 is 10.0 Å². The predicted octanol–water partition coefficient (Wildman–Crippen LogP) is 2.42. The first-order valence-electron chi connectivity index (χ1n) is 12.1. The molecular formula is C25H37N3O5S. The average molecular weight is 492 g/mol. The first kappa shape index (κ1) is 25.1. The van der Waals surface area contributed by atoms with Crippen LogP contribution in [-0.2, 0) is 19.6 Å². The number of aryl methyl sites for hydroxylation is 1. The number of benzene rings is 1. The Bertz CT molecular complexity index is 1070. The van der Waals surface area contributed by atoms with Crippen molar-refractivity contribution in [1.82, 2.24) is 14.5 Å².